The number of hydrogen-bond donors (Lipinski definition) is 2. The lowest BCUT2D eigenvalue weighted by atomic mass is 9.86. The molecule has 1 heterocycles. The van der Waals surface area contributed by atoms with Crippen LogP contribution < -0.4 is 10.2 Å². The lowest BCUT2D eigenvalue weighted by molar-refractivity contribution is -0.140. The van der Waals surface area contributed by atoms with E-state index >= 15 is 0 Å². The molecule has 2 amide bonds. The second kappa shape index (κ2) is 8.01. The van der Waals surface area contributed by atoms with Crippen LogP contribution in [0.25, 0.3) is 0 Å². The average Bonchev–Trinajstić information content (AvgIpc) is 2.60. The molecule has 1 aromatic carbocycles. The highest BCUT2D eigenvalue weighted by Crippen LogP contribution is 2.34. The zero-order valence-corrected chi connectivity index (χ0v) is 14.1. The van der Waals surface area contributed by atoms with Crippen LogP contribution in [0.15, 0.2) is 24.3 Å². The van der Waals surface area contributed by atoms with Crippen LogP contribution >= 0.6 is 11.6 Å². The minimum absolute atomic E-state index is 0.179. The van der Waals surface area contributed by atoms with E-state index in [-0.39, 0.29) is 26.1 Å². The van der Waals surface area contributed by atoms with Crippen LogP contribution in [0.4, 0.5) is 5.69 Å². The Morgan fingerprint density at radius 1 is 1.36 bits per heavy atom. The van der Waals surface area contributed by atoms with Crippen LogP contribution in [-0.4, -0.2) is 48.2 Å². The monoisotopic (exact) mass is 364 g/mol. The molecule has 0 unspecified atom stereocenters. The average molecular weight is 365 g/mol. The maximum absolute atomic E-state index is 12.8. The smallest absolute Gasteiger partial charge is 0.322 e. The fraction of sp³-hybridized carbons (Fsp3) is 0.353. The predicted octanol–water partition coefficient (Wildman–Crippen LogP) is 1.06. The highest BCUT2D eigenvalue weighted by molar-refractivity contribution is 6.31. The minimum Gasteiger partial charge on any atom is -0.480 e. The summed E-state index contributed by atoms with van der Waals surface area (Å²) < 4.78 is 5.31. The van der Waals surface area contributed by atoms with Crippen LogP contribution in [0.2, 0.25) is 5.02 Å². The van der Waals surface area contributed by atoms with Crippen molar-refractivity contribution in [2.45, 2.75) is 18.4 Å². The summed E-state index contributed by atoms with van der Waals surface area (Å²) in [6, 6.07) is 6.41. The van der Waals surface area contributed by atoms with Gasteiger partial charge in [0.15, 0.2) is 0 Å². The van der Waals surface area contributed by atoms with E-state index in [1.54, 1.807) is 18.2 Å². The molecule has 2 N–H and O–H groups in total. The normalized spacial score (nSPS) is 15.7. The van der Waals surface area contributed by atoms with Crippen LogP contribution in [0.1, 0.15) is 12.8 Å². The van der Waals surface area contributed by atoms with Gasteiger partial charge in [-0.1, -0.05) is 17.7 Å². The maximum Gasteiger partial charge on any atom is 0.322 e. The largest absolute Gasteiger partial charge is 0.480 e. The van der Waals surface area contributed by atoms with Crippen LogP contribution in [0.3, 0.4) is 0 Å². The van der Waals surface area contributed by atoms with Crippen molar-refractivity contribution < 1.29 is 24.2 Å². The molecular formula is C17H17ClN2O5. The van der Waals surface area contributed by atoms with Gasteiger partial charge in [-0.05, 0) is 24.1 Å². The molecular weight excluding hydrogens is 348 g/mol. The molecule has 1 aromatic rings. The molecule has 0 spiro atoms. The van der Waals surface area contributed by atoms with E-state index in [0.29, 0.717) is 10.7 Å². The Labute approximate surface area is 149 Å². The summed E-state index contributed by atoms with van der Waals surface area (Å²) in [6.45, 7) is -0.0973. The Morgan fingerprint density at radius 3 is 2.60 bits per heavy atom. The Balaban J connectivity index is 2.50. The van der Waals surface area contributed by atoms with Gasteiger partial charge in [0.2, 0.25) is 5.91 Å². The van der Waals surface area contributed by atoms with Crippen LogP contribution in [0.5, 0.6) is 0 Å². The number of terminal acetylenes is 1. The Morgan fingerprint density at radius 2 is 2.04 bits per heavy atom. The van der Waals surface area contributed by atoms with Crippen LogP contribution in [0, 0.1) is 12.3 Å². The number of carboxylic acid groups (broad SMARTS) is 1. The van der Waals surface area contributed by atoms with E-state index < -0.39 is 29.9 Å². The molecule has 25 heavy (non-hydrogen) atoms. The van der Waals surface area contributed by atoms with Crippen molar-refractivity contribution in [1.82, 2.24) is 5.32 Å². The fourth-order valence-electron chi connectivity index (χ4n) is 2.82. The first-order chi connectivity index (χ1) is 11.9. The summed E-state index contributed by atoms with van der Waals surface area (Å²) in [6.07, 6.45) is 5.66. The number of hydrogen-bond acceptors (Lipinski definition) is 4. The van der Waals surface area contributed by atoms with E-state index in [4.69, 9.17) is 27.9 Å². The predicted molar refractivity (Wildman–Crippen MR) is 91.2 cm³/mol. The Kier molecular flexibility index (Phi) is 6.02. The molecule has 8 heteroatoms. The van der Waals surface area contributed by atoms with Crippen molar-refractivity contribution in [1.29, 1.82) is 0 Å². The molecule has 2 rings (SSSR count). The van der Waals surface area contributed by atoms with E-state index in [9.17, 15) is 14.4 Å². The highest BCUT2D eigenvalue weighted by atomic mass is 35.5. The van der Waals surface area contributed by atoms with Gasteiger partial charge in [0.05, 0.1) is 0 Å². The highest BCUT2D eigenvalue weighted by Gasteiger charge is 2.48. The molecule has 0 saturated carbocycles. The standard InChI is InChI=1S/C17H17ClN2O5/c1-2-14(21)20(13-5-3-4-12(18)10-13)17(6-8-25-9-7-17)16(24)19-11-15(22)23/h1,3-5,10H,6-9,11H2,(H,19,24)(H,22,23). The number of ether oxygens (including phenoxy) is 1. The number of benzene rings is 1. The first-order valence-electron chi connectivity index (χ1n) is 7.55. The topological polar surface area (TPSA) is 95.9 Å². The third kappa shape index (κ3) is 4.10. The van der Waals surface area contributed by atoms with Crippen molar-refractivity contribution in [3.63, 3.8) is 0 Å². The summed E-state index contributed by atoms with van der Waals surface area (Å²) >= 11 is 6.01. The number of aliphatic carboxylic acids is 1. The van der Waals surface area contributed by atoms with Gasteiger partial charge in [-0.25, -0.2) is 0 Å². The van der Waals surface area contributed by atoms with Crippen molar-refractivity contribution in [3.8, 4) is 12.3 Å². The summed E-state index contributed by atoms with van der Waals surface area (Å²) in [5.74, 6) is -0.464. The number of nitrogens with one attached hydrogen (secondary N) is 1. The number of amides is 2. The summed E-state index contributed by atoms with van der Waals surface area (Å²) in [7, 11) is 0. The van der Waals surface area contributed by atoms with Gasteiger partial charge in [0, 0.05) is 36.8 Å². The van der Waals surface area contributed by atoms with Gasteiger partial charge in [-0.3, -0.25) is 19.3 Å². The molecule has 0 bridgehead atoms. The second-order valence-corrected chi connectivity index (χ2v) is 5.92. The maximum atomic E-state index is 12.8. The van der Waals surface area contributed by atoms with E-state index in [2.05, 4.69) is 5.32 Å². The van der Waals surface area contributed by atoms with Crippen molar-refractivity contribution in [2.24, 2.45) is 0 Å². The molecule has 0 aromatic heterocycles. The van der Waals surface area contributed by atoms with E-state index in [1.807, 2.05) is 5.92 Å². The molecule has 1 fully saturated rings. The second-order valence-electron chi connectivity index (χ2n) is 5.49. The number of carboxylic acids is 1. The molecule has 0 aliphatic carbocycles. The lowest BCUT2D eigenvalue weighted by Crippen LogP contribution is -2.63. The number of halogens is 1. The van der Waals surface area contributed by atoms with Crippen molar-refractivity contribution in [3.05, 3.63) is 29.3 Å². The van der Waals surface area contributed by atoms with Crippen molar-refractivity contribution >= 4 is 35.1 Å². The molecule has 7 nitrogen and oxygen atoms in total. The SMILES string of the molecule is C#CC(=O)N(c1cccc(Cl)c1)C1(C(=O)NCC(=O)O)CCOCC1. The van der Waals surface area contributed by atoms with Crippen LogP contribution in [-0.2, 0) is 19.1 Å². The van der Waals surface area contributed by atoms with E-state index in [0.717, 1.165) is 0 Å². The van der Waals surface area contributed by atoms with Gasteiger partial charge < -0.3 is 15.2 Å². The zero-order valence-electron chi connectivity index (χ0n) is 13.3. The molecule has 1 aliphatic rings. The Bertz CT molecular complexity index is 722. The first kappa shape index (κ1) is 18.8. The number of nitrogens with zero attached hydrogens (tertiary/aromatic N) is 1. The summed E-state index contributed by atoms with van der Waals surface area (Å²) in [5.41, 5.74) is -0.982. The third-order valence-electron chi connectivity index (χ3n) is 3.96. The lowest BCUT2D eigenvalue weighted by Gasteiger charge is -2.43. The molecule has 0 radical (unpaired) electrons. The van der Waals surface area contributed by atoms with Gasteiger partial charge in [0.25, 0.3) is 0 Å². The Hall–Kier alpha value is -2.56. The van der Waals surface area contributed by atoms with Gasteiger partial charge in [0.1, 0.15) is 12.1 Å². The summed E-state index contributed by atoms with van der Waals surface area (Å²) in [4.78, 5) is 37.3. The number of rotatable bonds is 5. The third-order valence-corrected chi connectivity index (χ3v) is 4.20. The van der Waals surface area contributed by atoms with Gasteiger partial charge >= 0.3 is 11.9 Å². The zero-order chi connectivity index (χ0) is 18.4. The molecule has 0 atom stereocenters. The number of carbonyl (C=O) groups excluding carboxylic acids is 2. The first-order valence-corrected chi connectivity index (χ1v) is 7.93. The quantitative estimate of drug-likeness (QED) is 0.761. The van der Waals surface area contributed by atoms with Gasteiger partial charge in [-0.2, -0.15) is 0 Å². The molecule has 1 saturated heterocycles. The molecule has 132 valence electrons. The van der Waals surface area contributed by atoms with Crippen molar-refractivity contribution in [2.75, 3.05) is 24.7 Å². The van der Waals surface area contributed by atoms with E-state index in [1.165, 1.54) is 11.0 Å². The summed E-state index contributed by atoms with van der Waals surface area (Å²) in [5, 5.41) is 11.5. The fourth-order valence-corrected chi connectivity index (χ4v) is 3.00. The number of carbonyl (C=O) groups is 3. The van der Waals surface area contributed by atoms with Gasteiger partial charge in [-0.15, -0.1) is 6.42 Å². The minimum atomic E-state index is -1.35. The molecule has 1 aliphatic heterocycles. The number of anilines is 1.